The van der Waals surface area contributed by atoms with Crippen molar-refractivity contribution >= 4 is 5.91 Å². The molecule has 0 aliphatic carbocycles. The van der Waals surface area contributed by atoms with Gasteiger partial charge in [-0.1, -0.05) is 24.3 Å². The van der Waals surface area contributed by atoms with Gasteiger partial charge in [0.05, 0.1) is 5.56 Å². The lowest BCUT2D eigenvalue weighted by molar-refractivity contribution is 0.0703. The molecule has 2 heterocycles. The molecular weight excluding hydrogens is 324 g/mol. The Morgan fingerprint density at radius 2 is 1.80 bits per heavy atom. The molecule has 4 rings (SSSR count). The number of fused-ring (bicyclic) bond motifs is 1. The predicted molar refractivity (Wildman–Crippen MR) is 88.9 cm³/mol. The summed E-state index contributed by atoms with van der Waals surface area (Å²) >= 11 is 0. The molecule has 0 spiro atoms. The third-order valence-electron chi connectivity index (χ3n) is 4.43. The maximum Gasteiger partial charge on any atom is 0.289 e. The molecule has 0 radical (unpaired) electrons. The van der Waals surface area contributed by atoms with Crippen molar-refractivity contribution in [2.75, 3.05) is 6.54 Å². The van der Waals surface area contributed by atoms with Crippen molar-refractivity contribution in [3.8, 4) is 11.3 Å². The van der Waals surface area contributed by atoms with Crippen LogP contribution in [0.25, 0.3) is 11.3 Å². The molecule has 1 aromatic heterocycles. The highest BCUT2D eigenvalue weighted by Gasteiger charge is 2.24. The Morgan fingerprint density at radius 1 is 1.00 bits per heavy atom. The number of carbonyl (C=O) groups is 1. The normalized spacial score (nSPS) is 13.6. The van der Waals surface area contributed by atoms with Crippen LogP contribution in [0.2, 0.25) is 0 Å². The van der Waals surface area contributed by atoms with E-state index in [1.54, 1.807) is 4.90 Å². The molecule has 5 heteroatoms. The van der Waals surface area contributed by atoms with Crippen LogP contribution in [0, 0.1) is 11.6 Å². The topological polar surface area (TPSA) is 33.5 Å². The van der Waals surface area contributed by atoms with E-state index in [0.29, 0.717) is 13.1 Å². The molecule has 1 aliphatic heterocycles. The van der Waals surface area contributed by atoms with Gasteiger partial charge in [0.1, 0.15) is 17.4 Å². The fraction of sp³-hybridized carbons (Fsp3) is 0.150. The molecule has 1 amide bonds. The van der Waals surface area contributed by atoms with Crippen molar-refractivity contribution in [2.45, 2.75) is 13.0 Å². The van der Waals surface area contributed by atoms with Crippen LogP contribution in [0.5, 0.6) is 0 Å². The van der Waals surface area contributed by atoms with Gasteiger partial charge in [-0.3, -0.25) is 4.79 Å². The van der Waals surface area contributed by atoms with Crippen molar-refractivity contribution in [3.63, 3.8) is 0 Å². The molecule has 126 valence electrons. The maximum atomic E-state index is 13.9. The highest BCUT2D eigenvalue weighted by Crippen LogP contribution is 2.27. The second-order valence-electron chi connectivity index (χ2n) is 6.03. The van der Waals surface area contributed by atoms with E-state index < -0.39 is 11.6 Å². The molecule has 0 saturated carbocycles. The van der Waals surface area contributed by atoms with E-state index in [9.17, 15) is 13.6 Å². The Balaban J connectivity index is 1.57. The van der Waals surface area contributed by atoms with E-state index in [2.05, 4.69) is 6.07 Å². The summed E-state index contributed by atoms with van der Waals surface area (Å²) in [5.41, 5.74) is 2.50. The number of nitrogens with zero attached hydrogens (tertiary/aromatic N) is 1. The van der Waals surface area contributed by atoms with Crippen LogP contribution in [0.1, 0.15) is 21.7 Å². The summed E-state index contributed by atoms with van der Waals surface area (Å²) in [5, 5.41) is 0. The number of carbonyl (C=O) groups excluding carboxylic acids is 1. The Morgan fingerprint density at radius 3 is 2.60 bits per heavy atom. The van der Waals surface area contributed by atoms with Gasteiger partial charge in [0.2, 0.25) is 0 Å². The summed E-state index contributed by atoms with van der Waals surface area (Å²) in [6, 6.07) is 14.3. The highest BCUT2D eigenvalue weighted by molar-refractivity contribution is 5.92. The van der Waals surface area contributed by atoms with Gasteiger partial charge in [0, 0.05) is 19.2 Å². The van der Waals surface area contributed by atoms with Gasteiger partial charge in [-0.25, -0.2) is 8.78 Å². The van der Waals surface area contributed by atoms with Crippen LogP contribution in [0.4, 0.5) is 8.78 Å². The first-order chi connectivity index (χ1) is 12.1. The summed E-state index contributed by atoms with van der Waals surface area (Å²) in [7, 11) is 0. The van der Waals surface area contributed by atoms with Crippen molar-refractivity contribution < 1.29 is 18.0 Å². The quantitative estimate of drug-likeness (QED) is 0.692. The van der Waals surface area contributed by atoms with Crippen LogP contribution < -0.4 is 0 Å². The maximum absolute atomic E-state index is 13.9. The van der Waals surface area contributed by atoms with Crippen LogP contribution >= 0.6 is 0 Å². The SMILES string of the molecule is O=C(c1ccc(-c2ccc(F)cc2F)o1)N1CCc2ccccc2C1. The van der Waals surface area contributed by atoms with E-state index >= 15 is 0 Å². The minimum atomic E-state index is -0.722. The second kappa shape index (κ2) is 6.16. The van der Waals surface area contributed by atoms with Crippen molar-refractivity contribution in [1.82, 2.24) is 4.90 Å². The Bertz CT molecular complexity index is 948. The first-order valence-electron chi connectivity index (χ1n) is 8.03. The number of amides is 1. The molecule has 25 heavy (non-hydrogen) atoms. The number of hydrogen-bond donors (Lipinski definition) is 0. The molecule has 0 fully saturated rings. The third-order valence-corrected chi connectivity index (χ3v) is 4.43. The number of halogens is 2. The van der Waals surface area contributed by atoms with E-state index in [4.69, 9.17) is 4.42 Å². The van der Waals surface area contributed by atoms with Gasteiger partial charge in [-0.05, 0) is 41.8 Å². The van der Waals surface area contributed by atoms with Crippen molar-refractivity contribution in [1.29, 1.82) is 0 Å². The lowest BCUT2D eigenvalue weighted by Crippen LogP contribution is -2.35. The second-order valence-corrected chi connectivity index (χ2v) is 6.03. The molecule has 3 aromatic rings. The summed E-state index contributed by atoms with van der Waals surface area (Å²) in [4.78, 5) is 14.4. The van der Waals surface area contributed by atoms with Gasteiger partial charge in [-0.2, -0.15) is 0 Å². The standard InChI is InChI=1S/C20H15F2NO2/c21-15-5-6-16(17(22)11-15)18-7-8-19(25-18)20(24)23-10-9-13-3-1-2-4-14(13)12-23/h1-8,11H,9-10,12H2. The number of furan rings is 1. The van der Waals surface area contributed by atoms with Gasteiger partial charge in [0.15, 0.2) is 5.76 Å². The smallest absolute Gasteiger partial charge is 0.289 e. The average Bonchev–Trinajstić information content (AvgIpc) is 3.10. The molecule has 0 bridgehead atoms. The minimum Gasteiger partial charge on any atom is -0.451 e. The first-order valence-corrected chi connectivity index (χ1v) is 8.03. The number of rotatable bonds is 2. The minimum absolute atomic E-state index is 0.129. The molecule has 3 nitrogen and oxygen atoms in total. The Labute approximate surface area is 143 Å². The van der Waals surface area contributed by atoms with Crippen molar-refractivity contribution in [3.05, 3.63) is 83.1 Å². The molecule has 0 N–H and O–H groups in total. The summed E-state index contributed by atoms with van der Waals surface area (Å²) in [6.07, 6.45) is 0.794. The zero-order valence-corrected chi connectivity index (χ0v) is 13.3. The third kappa shape index (κ3) is 2.93. The molecule has 0 atom stereocenters. The lowest BCUT2D eigenvalue weighted by atomic mass is 10.00. The fourth-order valence-corrected chi connectivity index (χ4v) is 3.11. The Kier molecular flexibility index (Phi) is 3.84. The van der Waals surface area contributed by atoms with Crippen LogP contribution in [-0.4, -0.2) is 17.4 Å². The zero-order valence-electron chi connectivity index (χ0n) is 13.3. The van der Waals surface area contributed by atoms with E-state index in [1.165, 1.54) is 23.8 Å². The first kappa shape index (κ1) is 15.6. The fourth-order valence-electron chi connectivity index (χ4n) is 3.11. The monoisotopic (exact) mass is 339 g/mol. The Hall–Kier alpha value is -2.95. The van der Waals surface area contributed by atoms with Crippen molar-refractivity contribution in [2.24, 2.45) is 0 Å². The van der Waals surface area contributed by atoms with E-state index in [0.717, 1.165) is 24.1 Å². The van der Waals surface area contributed by atoms with Gasteiger partial charge >= 0.3 is 0 Å². The molecule has 1 aliphatic rings. The molecule has 0 unspecified atom stereocenters. The highest BCUT2D eigenvalue weighted by atomic mass is 19.1. The van der Waals surface area contributed by atoms with E-state index in [-0.39, 0.29) is 23.0 Å². The zero-order chi connectivity index (χ0) is 17.4. The summed E-state index contributed by atoms with van der Waals surface area (Å²) in [5.74, 6) is -1.25. The van der Waals surface area contributed by atoms with Crippen LogP contribution in [0.3, 0.4) is 0 Å². The summed E-state index contributed by atoms with van der Waals surface area (Å²) in [6.45, 7) is 1.13. The van der Waals surface area contributed by atoms with Gasteiger partial charge in [-0.15, -0.1) is 0 Å². The summed E-state index contributed by atoms with van der Waals surface area (Å²) < 4.78 is 32.4. The molecule has 2 aromatic carbocycles. The van der Waals surface area contributed by atoms with Gasteiger partial charge < -0.3 is 9.32 Å². The number of hydrogen-bond acceptors (Lipinski definition) is 2. The molecule has 0 saturated heterocycles. The van der Waals surface area contributed by atoms with Gasteiger partial charge in [0.25, 0.3) is 5.91 Å². The average molecular weight is 339 g/mol. The van der Waals surface area contributed by atoms with E-state index in [1.807, 2.05) is 18.2 Å². The van der Waals surface area contributed by atoms with Crippen LogP contribution in [0.15, 0.2) is 59.0 Å². The van der Waals surface area contributed by atoms with Crippen LogP contribution in [-0.2, 0) is 13.0 Å². The largest absolute Gasteiger partial charge is 0.451 e. The predicted octanol–water partition coefficient (Wildman–Crippen LogP) is 4.42. The number of benzene rings is 2. The lowest BCUT2D eigenvalue weighted by Gasteiger charge is -2.28. The molecular formula is C20H15F2NO2.